The number of nitrogens with zero attached hydrogens (tertiary/aromatic N) is 3. The van der Waals surface area contributed by atoms with Crippen LogP contribution in [0.5, 0.6) is 0 Å². The molecule has 0 radical (unpaired) electrons. The number of nitrogens with one attached hydrogen (secondary N) is 1. The molecule has 4 rings (SSSR count). The van der Waals surface area contributed by atoms with E-state index >= 15 is 0 Å². The summed E-state index contributed by atoms with van der Waals surface area (Å²) in [6, 6.07) is 6.57. The molecule has 1 aromatic carbocycles. The Bertz CT molecular complexity index is 1000. The average molecular weight is 457 g/mol. The van der Waals surface area contributed by atoms with Crippen LogP contribution in [-0.2, 0) is 22.7 Å². The van der Waals surface area contributed by atoms with Crippen LogP contribution in [0.2, 0.25) is 0 Å². The fraction of sp³-hybridized carbons (Fsp3) is 0.458. The van der Waals surface area contributed by atoms with Crippen LogP contribution >= 0.6 is 0 Å². The Balaban J connectivity index is 1.23. The minimum absolute atomic E-state index is 0.214. The van der Waals surface area contributed by atoms with Gasteiger partial charge < -0.3 is 25.3 Å². The molecule has 0 spiro atoms. The van der Waals surface area contributed by atoms with E-state index in [1.165, 1.54) is 17.0 Å². The molecule has 0 aliphatic carbocycles. The van der Waals surface area contributed by atoms with Gasteiger partial charge in [0.05, 0.1) is 0 Å². The normalized spacial score (nSPS) is 18.1. The Morgan fingerprint density at radius 1 is 1.15 bits per heavy atom. The summed E-state index contributed by atoms with van der Waals surface area (Å²) in [7, 11) is 0. The summed E-state index contributed by atoms with van der Waals surface area (Å²) in [5.41, 5.74) is 3.72. The van der Waals surface area contributed by atoms with Crippen LogP contribution in [0.4, 0.5) is 10.1 Å². The Hall–Kier alpha value is -3.04. The average Bonchev–Trinajstić information content (AvgIpc) is 3.26. The molecular formula is C24H29FN4O4. The maximum absolute atomic E-state index is 13.4. The van der Waals surface area contributed by atoms with E-state index in [1.807, 2.05) is 6.92 Å². The predicted octanol–water partition coefficient (Wildman–Crippen LogP) is 1.13. The zero-order chi connectivity index (χ0) is 23.5. The van der Waals surface area contributed by atoms with Crippen molar-refractivity contribution >= 4 is 17.5 Å². The van der Waals surface area contributed by atoms with Gasteiger partial charge in [0.25, 0.3) is 11.8 Å². The number of aromatic nitrogens is 1. The van der Waals surface area contributed by atoms with Gasteiger partial charge in [-0.1, -0.05) is 0 Å². The third-order valence-electron chi connectivity index (χ3n) is 6.54. The van der Waals surface area contributed by atoms with Crippen LogP contribution in [0, 0.1) is 18.7 Å². The van der Waals surface area contributed by atoms with E-state index < -0.39 is 24.0 Å². The number of hydrogen-bond acceptors (Lipinski definition) is 6. The highest BCUT2D eigenvalue weighted by atomic mass is 19.1. The summed E-state index contributed by atoms with van der Waals surface area (Å²) in [4.78, 5) is 32.6. The number of carbonyl (C=O) groups is 2. The number of anilines is 1. The number of rotatable bonds is 6. The summed E-state index contributed by atoms with van der Waals surface area (Å²) in [6.45, 7) is 4.40. The summed E-state index contributed by atoms with van der Waals surface area (Å²) in [6.07, 6.45) is 1.30. The monoisotopic (exact) mass is 456 g/mol. The van der Waals surface area contributed by atoms with E-state index in [0.717, 1.165) is 48.3 Å². The number of aryl methyl sites for hydroxylation is 1. The van der Waals surface area contributed by atoms with Gasteiger partial charge in [0, 0.05) is 50.8 Å². The van der Waals surface area contributed by atoms with E-state index in [0.29, 0.717) is 19.6 Å². The van der Waals surface area contributed by atoms with E-state index in [4.69, 9.17) is 0 Å². The highest BCUT2D eigenvalue weighted by molar-refractivity contribution is 5.90. The number of hydrogen-bond donors (Lipinski definition) is 3. The third kappa shape index (κ3) is 5.15. The second kappa shape index (κ2) is 9.84. The summed E-state index contributed by atoms with van der Waals surface area (Å²) in [5.74, 6) is -1.48. The lowest BCUT2D eigenvalue weighted by molar-refractivity contribution is -0.153. The molecule has 0 unspecified atom stereocenters. The van der Waals surface area contributed by atoms with Crippen molar-refractivity contribution < 1.29 is 24.2 Å². The van der Waals surface area contributed by atoms with Crippen LogP contribution in [-0.4, -0.2) is 63.8 Å². The number of piperidine rings is 1. The first-order chi connectivity index (χ1) is 15.8. The molecule has 8 nitrogen and oxygen atoms in total. The van der Waals surface area contributed by atoms with Gasteiger partial charge in [0.1, 0.15) is 5.82 Å². The predicted molar refractivity (Wildman–Crippen MR) is 120 cm³/mol. The Kier molecular flexibility index (Phi) is 6.90. The van der Waals surface area contributed by atoms with Crippen LogP contribution in [0.3, 0.4) is 0 Å². The van der Waals surface area contributed by atoms with Crippen molar-refractivity contribution in [2.24, 2.45) is 5.92 Å². The molecule has 1 fully saturated rings. The van der Waals surface area contributed by atoms with Gasteiger partial charge in [0.15, 0.2) is 12.2 Å². The van der Waals surface area contributed by atoms with Crippen LogP contribution in [0.1, 0.15) is 29.5 Å². The minimum Gasteiger partial charge on any atom is -0.380 e. The molecule has 3 N–H and O–H groups in total. The largest absolute Gasteiger partial charge is 0.380 e. The lowest BCUT2D eigenvalue weighted by Crippen LogP contribution is -2.50. The highest BCUT2D eigenvalue weighted by Gasteiger charge is 2.35. The molecule has 33 heavy (non-hydrogen) atoms. The Labute approximate surface area is 192 Å². The molecule has 2 aliphatic heterocycles. The van der Waals surface area contributed by atoms with Gasteiger partial charge in [-0.25, -0.2) is 4.39 Å². The van der Waals surface area contributed by atoms with Crippen LogP contribution < -0.4 is 10.2 Å². The molecular weight excluding hydrogens is 427 g/mol. The van der Waals surface area contributed by atoms with Crippen molar-refractivity contribution in [2.45, 2.75) is 45.1 Å². The van der Waals surface area contributed by atoms with Crippen LogP contribution in [0.25, 0.3) is 0 Å². The number of pyridine rings is 1. The minimum atomic E-state index is -1.83. The Morgan fingerprint density at radius 2 is 1.88 bits per heavy atom. The van der Waals surface area contributed by atoms with Gasteiger partial charge in [-0.15, -0.1) is 0 Å². The first-order valence-electron chi connectivity index (χ1n) is 11.2. The number of aliphatic hydroxyl groups is 2. The summed E-state index contributed by atoms with van der Waals surface area (Å²) in [5, 5.41) is 23.2. The third-order valence-corrected chi connectivity index (χ3v) is 6.54. The molecule has 3 heterocycles. The van der Waals surface area contributed by atoms with Gasteiger partial charge >= 0.3 is 0 Å². The van der Waals surface area contributed by atoms with E-state index in [-0.39, 0.29) is 11.7 Å². The lowest BCUT2D eigenvalue weighted by Gasteiger charge is -2.34. The summed E-state index contributed by atoms with van der Waals surface area (Å²) < 4.78 is 13.4. The Morgan fingerprint density at radius 3 is 2.58 bits per heavy atom. The molecule has 1 saturated heterocycles. The SMILES string of the molecule is Cc1cc(F)ccc1N1CCC(CNC(=O)[C@H](O)[C@@H](O)C(=O)N2Cc3ccncc3C2)CC1. The van der Waals surface area contributed by atoms with Crippen molar-refractivity contribution in [1.82, 2.24) is 15.2 Å². The zero-order valence-corrected chi connectivity index (χ0v) is 18.6. The first kappa shape index (κ1) is 23.1. The maximum atomic E-state index is 13.4. The fourth-order valence-corrected chi connectivity index (χ4v) is 4.54. The van der Waals surface area contributed by atoms with Gasteiger partial charge in [-0.05, 0) is 66.6 Å². The van der Waals surface area contributed by atoms with Gasteiger partial charge in [0.2, 0.25) is 0 Å². The van der Waals surface area contributed by atoms with E-state index in [2.05, 4.69) is 15.2 Å². The van der Waals surface area contributed by atoms with Crippen molar-refractivity contribution in [3.63, 3.8) is 0 Å². The molecule has 2 atom stereocenters. The van der Waals surface area contributed by atoms with E-state index in [9.17, 15) is 24.2 Å². The topological polar surface area (TPSA) is 106 Å². The molecule has 2 aromatic rings. The lowest BCUT2D eigenvalue weighted by atomic mass is 9.95. The second-order valence-electron chi connectivity index (χ2n) is 8.83. The van der Waals surface area contributed by atoms with Gasteiger partial charge in [-0.3, -0.25) is 14.6 Å². The van der Waals surface area contributed by atoms with Crippen LogP contribution in [0.15, 0.2) is 36.7 Å². The molecule has 0 saturated carbocycles. The summed E-state index contributed by atoms with van der Waals surface area (Å²) >= 11 is 0. The number of benzene rings is 1. The van der Waals surface area contributed by atoms with Crippen molar-refractivity contribution in [3.8, 4) is 0 Å². The number of aliphatic hydroxyl groups excluding tert-OH is 2. The van der Waals surface area contributed by atoms with Crippen molar-refractivity contribution in [1.29, 1.82) is 0 Å². The quantitative estimate of drug-likeness (QED) is 0.602. The maximum Gasteiger partial charge on any atom is 0.255 e. The molecule has 2 amide bonds. The molecule has 176 valence electrons. The van der Waals surface area contributed by atoms with Crippen molar-refractivity contribution in [3.05, 3.63) is 59.2 Å². The van der Waals surface area contributed by atoms with Crippen molar-refractivity contribution in [2.75, 3.05) is 24.5 Å². The molecule has 2 aliphatic rings. The molecule has 9 heteroatoms. The smallest absolute Gasteiger partial charge is 0.255 e. The van der Waals surface area contributed by atoms with Gasteiger partial charge in [-0.2, -0.15) is 0 Å². The highest BCUT2D eigenvalue weighted by Crippen LogP contribution is 2.26. The first-order valence-corrected chi connectivity index (χ1v) is 11.2. The number of amides is 2. The molecule has 1 aromatic heterocycles. The number of fused-ring (bicyclic) bond motifs is 1. The number of carbonyl (C=O) groups excluding carboxylic acids is 2. The molecule has 0 bridgehead atoms. The zero-order valence-electron chi connectivity index (χ0n) is 18.6. The fourth-order valence-electron chi connectivity index (χ4n) is 4.54. The number of halogens is 1. The standard InChI is InChI=1S/C24H29FN4O4/c1-15-10-19(25)2-3-20(15)28-8-5-16(6-9-28)11-27-23(32)21(30)22(31)24(33)29-13-17-4-7-26-12-18(17)14-29/h2-4,7,10,12,16,21-22,30-31H,5-6,8-9,11,13-14H2,1H3,(H,27,32)/t21-,22-/m1/s1. The van der Waals surface area contributed by atoms with E-state index in [1.54, 1.807) is 24.5 Å². The second-order valence-corrected chi connectivity index (χ2v) is 8.83.